The van der Waals surface area contributed by atoms with Crippen LogP contribution in [0.4, 0.5) is 0 Å². The molecule has 0 saturated carbocycles. The lowest BCUT2D eigenvalue weighted by Gasteiger charge is -2.31. The van der Waals surface area contributed by atoms with Crippen molar-refractivity contribution in [1.29, 1.82) is 0 Å². The van der Waals surface area contributed by atoms with Crippen molar-refractivity contribution < 1.29 is 9.47 Å². The molecule has 6 nitrogen and oxygen atoms in total. The van der Waals surface area contributed by atoms with Crippen LogP contribution < -0.4 is 14.8 Å². The van der Waals surface area contributed by atoms with E-state index in [0.29, 0.717) is 6.04 Å². The standard InChI is InChI=1S/C21H32N4O2/c1-4-5-10-27-21-13-19(23-24-21)12-18-7-6-17(11-20(18)26-3)15-25-9-8-22-16(2)14-25/h6-7,11,13,16,22H,4-5,8-10,12,14-15H2,1-3H3,(H,23,24). The summed E-state index contributed by atoms with van der Waals surface area (Å²) in [5.41, 5.74) is 3.39. The van der Waals surface area contributed by atoms with Crippen molar-refractivity contribution in [1.82, 2.24) is 20.4 Å². The Morgan fingerprint density at radius 2 is 2.19 bits per heavy atom. The van der Waals surface area contributed by atoms with Crippen LogP contribution in [0.1, 0.15) is 43.5 Å². The molecule has 0 radical (unpaired) electrons. The van der Waals surface area contributed by atoms with E-state index in [0.717, 1.165) is 74.9 Å². The molecule has 1 atom stereocenters. The molecule has 0 aliphatic carbocycles. The number of benzene rings is 1. The molecule has 148 valence electrons. The van der Waals surface area contributed by atoms with Gasteiger partial charge in [-0.2, -0.15) is 5.10 Å². The minimum Gasteiger partial charge on any atom is -0.496 e. The Balaban J connectivity index is 1.62. The number of rotatable bonds is 9. The van der Waals surface area contributed by atoms with Gasteiger partial charge in [-0.15, -0.1) is 0 Å². The Hall–Kier alpha value is -2.05. The molecule has 0 bridgehead atoms. The van der Waals surface area contributed by atoms with E-state index in [-0.39, 0.29) is 0 Å². The van der Waals surface area contributed by atoms with Gasteiger partial charge in [-0.1, -0.05) is 25.5 Å². The second-order valence-electron chi connectivity index (χ2n) is 7.34. The first-order chi connectivity index (χ1) is 13.2. The Bertz CT molecular complexity index is 716. The summed E-state index contributed by atoms with van der Waals surface area (Å²) in [6.07, 6.45) is 2.90. The molecule has 1 aliphatic heterocycles. The van der Waals surface area contributed by atoms with E-state index < -0.39 is 0 Å². The average molecular weight is 373 g/mol. The third-order valence-electron chi connectivity index (χ3n) is 4.94. The first-order valence-electron chi connectivity index (χ1n) is 9.96. The number of nitrogens with zero attached hydrogens (tertiary/aromatic N) is 2. The summed E-state index contributed by atoms with van der Waals surface area (Å²) in [5.74, 6) is 1.66. The fraction of sp³-hybridized carbons (Fsp3) is 0.571. The molecule has 1 aliphatic rings. The van der Waals surface area contributed by atoms with Gasteiger partial charge in [-0.05, 0) is 25.0 Å². The Morgan fingerprint density at radius 3 is 2.96 bits per heavy atom. The van der Waals surface area contributed by atoms with Gasteiger partial charge in [0.05, 0.1) is 19.4 Å². The van der Waals surface area contributed by atoms with E-state index in [4.69, 9.17) is 9.47 Å². The molecule has 2 N–H and O–H groups in total. The average Bonchev–Trinajstić information content (AvgIpc) is 3.10. The zero-order chi connectivity index (χ0) is 19.1. The summed E-state index contributed by atoms with van der Waals surface area (Å²) in [6, 6.07) is 9.05. The van der Waals surface area contributed by atoms with Crippen LogP contribution in [0.3, 0.4) is 0 Å². The van der Waals surface area contributed by atoms with Crippen LogP contribution in [0.25, 0.3) is 0 Å². The van der Waals surface area contributed by atoms with E-state index in [1.54, 1.807) is 7.11 Å². The number of nitrogens with one attached hydrogen (secondary N) is 2. The fourth-order valence-corrected chi connectivity index (χ4v) is 3.48. The van der Waals surface area contributed by atoms with Crippen LogP contribution in [0.5, 0.6) is 11.6 Å². The zero-order valence-corrected chi connectivity index (χ0v) is 16.8. The van der Waals surface area contributed by atoms with Crippen LogP contribution in [-0.2, 0) is 13.0 Å². The third kappa shape index (κ3) is 5.71. The largest absolute Gasteiger partial charge is 0.496 e. The van der Waals surface area contributed by atoms with Crippen molar-refractivity contribution >= 4 is 0 Å². The van der Waals surface area contributed by atoms with Crippen LogP contribution in [-0.4, -0.2) is 54.5 Å². The van der Waals surface area contributed by atoms with Gasteiger partial charge in [-0.25, -0.2) is 5.10 Å². The van der Waals surface area contributed by atoms with E-state index in [2.05, 4.69) is 52.5 Å². The molecule has 1 aromatic heterocycles. The van der Waals surface area contributed by atoms with Gasteiger partial charge in [0, 0.05) is 50.3 Å². The molecule has 0 amide bonds. The highest BCUT2D eigenvalue weighted by atomic mass is 16.5. The van der Waals surface area contributed by atoms with Crippen molar-refractivity contribution in [3.63, 3.8) is 0 Å². The summed E-state index contributed by atoms with van der Waals surface area (Å²) in [4.78, 5) is 2.49. The molecular weight excluding hydrogens is 340 g/mol. The smallest absolute Gasteiger partial charge is 0.209 e. The maximum atomic E-state index is 5.67. The zero-order valence-electron chi connectivity index (χ0n) is 16.8. The van der Waals surface area contributed by atoms with Gasteiger partial charge < -0.3 is 14.8 Å². The number of methoxy groups -OCH3 is 1. The Labute approximate surface area is 162 Å². The lowest BCUT2D eigenvalue weighted by Crippen LogP contribution is -2.48. The SMILES string of the molecule is CCCCOc1cc(Cc2ccc(CN3CCNC(C)C3)cc2OC)n[nH]1. The predicted octanol–water partition coefficient (Wildman–Crippen LogP) is 2.98. The van der Waals surface area contributed by atoms with Gasteiger partial charge in [0.15, 0.2) is 0 Å². The quantitative estimate of drug-likeness (QED) is 0.663. The molecule has 1 saturated heterocycles. The molecular formula is C21H32N4O2. The fourth-order valence-electron chi connectivity index (χ4n) is 3.48. The maximum Gasteiger partial charge on any atom is 0.209 e. The monoisotopic (exact) mass is 372 g/mol. The van der Waals surface area contributed by atoms with Crippen molar-refractivity contribution in [2.24, 2.45) is 0 Å². The molecule has 1 fully saturated rings. The molecule has 1 unspecified atom stereocenters. The van der Waals surface area contributed by atoms with Crippen molar-refractivity contribution in [3.05, 3.63) is 41.1 Å². The van der Waals surface area contributed by atoms with Crippen molar-refractivity contribution in [2.75, 3.05) is 33.4 Å². The minimum atomic E-state index is 0.549. The van der Waals surface area contributed by atoms with Gasteiger partial charge >= 0.3 is 0 Å². The summed E-state index contributed by atoms with van der Waals surface area (Å²) in [5, 5.41) is 10.8. The number of H-pyrrole nitrogens is 1. The van der Waals surface area contributed by atoms with E-state index in [9.17, 15) is 0 Å². The van der Waals surface area contributed by atoms with Gasteiger partial charge in [0.1, 0.15) is 5.75 Å². The van der Waals surface area contributed by atoms with Gasteiger partial charge in [0.25, 0.3) is 0 Å². The van der Waals surface area contributed by atoms with E-state index >= 15 is 0 Å². The van der Waals surface area contributed by atoms with Crippen LogP contribution in [0.15, 0.2) is 24.3 Å². The molecule has 1 aromatic carbocycles. The minimum absolute atomic E-state index is 0.549. The number of aromatic nitrogens is 2. The lowest BCUT2D eigenvalue weighted by atomic mass is 10.0. The molecule has 2 aromatic rings. The van der Waals surface area contributed by atoms with Crippen LogP contribution >= 0.6 is 0 Å². The topological polar surface area (TPSA) is 62.4 Å². The van der Waals surface area contributed by atoms with Crippen LogP contribution in [0.2, 0.25) is 0 Å². The number of hydrogen-bond acceptors (Lipinski definition) is 5. The summed E-state index contributed by atoms with van der Waals surface area (Å²) < 4.78 is 11.3. The number of hydrogen-bond donors (Lipinski definition) is 2. The summed E-state index contributed by atoms with van der Waals surface area (Å²) >= 11 is 0. The van der Waals surface area contributed by atoms with Crippen molar-refractivity contribution in [3.8, 4) is 11.6 Å². The summed E-state index contributed by atoms with van der Waals surface area (Å²) in [6.45, 7) is 9.29. The van der Waals surface area contributed by atoms with Gasteiger partial charge in [0.2, 0.25) is 5.88 Å². The van der Waals surface area contributed by atoms with E-state index in [1.807, 2.05) is 6.07 Å². The summed E-state index contributed by atoms with van der Waals surface area (Å²) in [7, 11) is 1.74. The van der Waals surface area contributed by atoms with Gasteiger partial charge in [-0.3, -0.25) is 4.90 Å². The first-order valence-corrected chi connectivity index (χ1v) is 9.96. The third-order valence-corrected chi connectivity index (χ3v) is 4.94. The second kappa shape index (κ2) is 9.76. The molecule has 6 heteroatoms. The molecule has 3 rings (SSSR count). The number of ether oxygens (including phenoxy) is 2. The maximum absolute atomic E-state index is 5.67. The lowest BCUT2D eigenvalue weighted by molar-refractivity contribution is 0.199. The number of aromatic amines is 1. The normalized spacial score (nSPS) is 17.8. The van der Waals surface area contributed by atoms with Crippen molar-refractivity contribution in [2.45, 2.75) is 45.7 Å². The highest BCUT2D eigenvalue weighted by Gasteiger charge is 2.16. The number of piperazine rings is 1. The number of unbranched alkanes of at least 4 members (excludes halogenated alkanes) is 1. The molecule has 27 heavy (non-hydrogen) atoms. The van der Waals surface area contributed by atoms with E-state index in [1.165, 1.54) is 5.56 Å². The highest BCUT2D eigenvalue weighted by Crippen LogP contribution is 2.24. The predicted molar refractivity (Wildman–Crippen MR) is 108 cm³/mol. The second-order valence-corrected chi connectivity index (χ2v) is 7.34. The molecule has 2 heterocycles. The molecule has 0 spiro atoms. The Kier molecular flexibility index (Phi) is 7.12. The highest BCUT2D eigenvalue weighted by molar-refractivity contribution is 5.40. The van der Waals surface area contributed by atoms with Crippen LogP contribution in [0, 0.1) is 0 Å². The first kappa shape index (κ1) is 19.7. The Morgan fingerprint density at radius 1 is 1.30 bits per heavy atom.